The predicted molar refractivity (Wildman–Crippen MR) is 121 cm³/mol. The zero-order valence-electron chi connectivity index (χ0n) is 17.9. The van der Waals surface area contributed by atoms with Gasteiger partial charge in [0.15, 0.2) is 0 Å². The molecule has 0 radical (unpaired) electrons. The van der Waals surface area contributed by atoms with Crippen molar-refractivity contribution in [3.8, 4) is 0 Å². The van der Waals surface area contributed by atoms with Crippen molar-refractivity contribution in [2.75, 3.05) is 37.8 Å². The van der Waals surface area contributed by atoms with E-state index in [1.54, 1.807) is 11.8 Å². The second kappa shape index (κ2) is 8.19. The minimum absolute atomic E-state index is 0.107. The molecule has 4 aliphatic rings. The summed E-state index contributed by atoms with van der Waals surface area (Å²) in [5.74, 6) is 1.45. The van der Waals surface area contributed by atoms with Crippen molar-refractivity contribution in [3.05, 3.63) is 24.3 Å². The number of amides is 2. The van der Waals surface area contributed by atoms with Gasteiger partial charge in [-0.3, -0.25) is 14.5 Å². The Labute approximate surface area is 183 Å². The first kappa shape index (κ1) is 20.4. The molecule has 0 unspecified atom stereocenters. The van der Waals surface area contributed by atoms with Crippen LogP contribution >= 0.6 is 11.8 Å². The zero-order valence-corrected chi connectivity index (χ0v) is 18.8. The molecule has 1 spiro atoms. The highest BCUT2D eigenvalue weighted by Crippen LogP contribution is 2.59. The van der Waals surface area contributed by atoms with Crippen LogP contribution < -0.4 is 5.32 Å². The fourth-order valence-corrected chi connectivity index (χ4v) is 6.48. The van der Waals surface area contributed by atoms with E-state index >= 15 is 0 Å². The molecule has 2 saturated carbocycles. The Kier molecular flexibility index (Phi) is 5.56. The summed E-state index contributed by atoms with van der Waals surface area (Å²) >= 11 is 1.70. The molecule has 162 valence electrons. The first-order valence-corrected chi connectivity index (χ1v) is 12.8. The molecule has 2 saturated heterocycles. The summed E-state index contributed by atoms with van der Waals surface area (Å²) in [6.07, 6.45) is 9.69. The van der Waals surface area contributed by atoms with Crippen molar-refractivity contribution < 1.29 is 9.59 Å². The third-order valence-electron chi connectivity index (χ3n) is 8.11. The summed E-state index contributed by atoms with van der Waals surface area (Å²) < 4.78 is 0. The molecule has 4 fully saturated rings. The van der Waals surface area contributed by atoms with Crippen molar-refractivity contribution in [1.82, 2.24) is 9.80 Å². The van der Waals surface area contributed by atoms with E-state index in [0.29, 0.717) is 12.3 Å². The number of nitrogens with zero attached hydrogens (tertiary/aromatic N) is 2. The number of benzene rings is 1. The van der Waals surface area contributed by atoms with Gasteiger partial charge in [-0.15, -0.1) is 11.8 Å². The van der Waals surface area contributed by atoms with Gasteiger partial charge >= 0.3 is 0 Å². The standard InChI is InChI=1S/C24H33N3O2S/c1-30-20-6-3-18(4-7-20)25-23(29)21-15-24(21)9-12-26(13-10-24)22(28)8-11-27-16-17-2-5-19(27)14-17/h3-4,6-7,17,19,21H,2,5,8-16H2,1H3,(H,25,29)/t17-,19-,21-/m1/s1. The predicted octanol–water partition coefficient (Wildman–Crippen LogP) is 3.85. The molecular weight excluding hydrogens is 394 g/mol. The molecule has 0 aromatic heterocycles. The van der Waals surface area contributed by atoms with Gasteiger partial charge in [0.1, 0.15) is 0 Å². The smallest absolute Gasteiger partial charge is 0.228 e. The Morgan fingerprint density at radius 3 is 2.57 bits per heavy atom. The minimum Gasteiger partial charge on any atom is -0.343 e. The first-order chi connectivity index (χ1) is 14.6. The van der Waals surface area contributed by atoms with E-state index in [1.165, 1.54) is 30.7 Å². The van der Waals surface area contributed by atoms with Gasteiger partial charge in [-0.2, -0.15) is 0 Å². The SMILES string of the molecule is CSc1ccc(NC(=O)[C@H]2CC23CCN(C(=O)CCN2C[C@@H]4CC[C@@H]2C4)CC3)cc1. The van der Waals surface area contributed by atoms with Gasteiger partial charge in [0, 0.05) is 55.1 Å². The van der Waals surface area contributed by atoms with Crippen molar-refractivity contribution in [2.45, 2.75) is 55.9 Å². The number of fused-ring (bicyclic) bond motifs is 2. The van der Waals surface area contributed by atoms with Crippen LogP contribution in [0.4, 0.5) is 5.69 Å². The highest BCUT2D eigenvalue weighted by atomic mass is 32.2. The fourth-order valence-electron chi connectivity index (χ4n) is 6.07. The molecule has 2 aliphatic heterocycles. The largest absolute Gasteiger partial charge is 0.343 e. The zero-order chi connectivity index (χ0) is 20.7. The molecule has 1 aromatic rings. The van der Waals surface area contributed by atoms with Crippen LogP contribution in [0.25, 0.3) is 0 Å². The lowest BCUT2D eigenvalue weighted by atomic mass is 9.90. The van der Waals surface area contributed by atoms with E-state index < -0.39 is 0 Å². The quantitative estimate of drug-likeness (QED) is 0.701. The number of carbonyl (C=O) groups is 2. The van der Waals surface area contributed by atoms with Gasteiger partial charge in [-0.05, 0) is 80.4 Å². The summed E-state index contributed by atoms with van der Waals surface area (Å²) in [7, 11) is 0. The molecule has 1 N–H and O–H groups in total. The lowest BCUT2D eigenvalue weighted by Crippen LogP contribution is -2.42. The maximum Gasteiger partial charge on any atom is 0.228 e. The Bertz CT molecular complexity index is 803. The molecule has 3 atom stereocenters. The summed E-state index contributed by atoms with van der Waals surface area (Å²) in [6, 6.07) is 8.79. The lowest BCUT2D eigenvalue weighted by molar-refractivity contribution is -0.133. The van der Waals surface area contributed by atoms with Crippen LogP contribution in [0.3, 0.4) is 0 Å². The highest BCUT2D eigenvalue weighted by molar-refractivity contribution is 7.98. The number of thioether (sulfide) groups is 1. The van der Waals surface area contributed by atoms with E-state index in [-0.39, 0.29) is 17.2 Å². The molecule has 30 heavy (non-hydrogen) atoms. The second-order valence-electron chi connectivity index (χ2n) is 9.80. The van der Waals surface area contributed by atoms with Crippen molar-refractivity contribution >= 4 is 29.3 Å². The minimum atomic E-state index is 0.107. The molecule has 2 bridgehead atoms. The van der Waals surface area contributed by atoms with Crippen LogP contribution in [0.5, 0.6) is 0 Å². The molecule has 6 heteroatoms. The average Bonchev–Trinajstić information content (AvgIpc) is 3.10. The van der Waals surface area contributed by atoms with Gasteiger partial charge in [-0.25, -0.2) is 0 Å². The topological polar surface area (TPSA) is 52.7 Å². The Balaban J connectivity index is 1.06. The van der Waals surface area contributed by atoms with Crippen molar-refractivity contribution in [2.24, 2.45) is 17.3 Å². The number of hydrogen-bond acceptors (Lipinski definition) is 4. The fraction of sp³-hybridized carbons (Fsp3) is 0.667. The Morgan fingerprint density at radius 2 is 1.93 bits per heavy atom. The molecule has 1 aromatic carbocycles. The van der Waals surface area contributed by atoms with E-state index in [1.807, 2.05) is 29.2 Å². The number of rotatable bonds is 6. The van der Waals surface area contributed by atoms with Gasteiger partial charge in [0.25, 0.3) is 0 Å². The van der Waals surface area contributed by atoms with Gasteiger partial charge in [-0.1, -0.05) is 0 Å². The number of likely N-dealkylation sites (tertiary alicyclic amines) is 2. The Morgan fingerprint density at radius 1 is 1.17 bits per heavy atom. The van der Waals surface area contributed by atoms with Gasteiger partial charge in [0.2, 0.25) is 11.8 Å². The molecule has 2 heterocycles. The van der Waals surface area contributed by atoms with Crippen LogP contribution in [0.15, 0.2) is 29.2 Å². The number of anilines is 1. The van der Waals surface area contributed by atoms with Gasteiger partial charge < -0.3 is 10.2 Å². The highest BCUT2D eigenvalue weighted by Gasteiger charge is 2.58. The van der Waals surface area contributed by atoms with Crippen LogP contribution in [0.1, 0.15) is 44.9 Å². The lowest BCUT2D eigenvalue weighted by Gasteiger charge is -2.34. The molecular formula is C24H33N3O2S. The van der Waals surface area contributed by atoms with Crippen molar-refractivity contribution in [3.63, 3.8) is 0 Å². The first-order valence-electron chi connectivity index (χ1n) is 11.5. The van der Waals surface area contributed by atoms with Crippen LogP contribution in [0, 0.1) is 17.3 Å². The molecule has 5 rings (SSSR count). The number of piperidine rings is 2. The van der Waals surface area contributed by atoms with Crippen LogP contribution in [-0.2, 0) is 9.59 Å². The molecule has 2 aliphatic carbocycles. The average molecular weight is 428 g/mol. The van der Waals surface area contributed by atoms with Crippen LogP contribution in [-0.4, -0.2) is 60.1 Å². The summed E-state index contributed by atoms with van der Waals surface area (Å²) in [5, 5.41) is 3.09. The van der Waals surface area contributed by atoms with Crippen molar-refractivity contribution in [1.29, 1.82) is 0 Å². The number of nitrogens with one attached hydrogen (secondary N) is 1. The maximum absolute atomic E-state index is 12.7. The van der Waals surface area contributed by atoms with Gasteiger partial charge in [0.05, 0.1) is 0 Å². The Hall–Kier alpha value is -1.53. The van der Waals surface area contributed by atoms with E-state index in [9.17, 15) is 9.59 Å². The third-order valence-corrected chi connectivity index (χ3v) is 8.85. The maximum atomic E-state index is 12.7. The monoisotopic (exact) mass is 427 g/mol. The molecule has 5 nitrogen and oxygen atoms in total. The second-order valence-corrected chi connectivity index (χ2v) is 10.7. The summed E-state index contributed by atoms with van der Waals surface area (Å²) in [5.41, 5.74) is 1.01. The van der Waals surface area contributed by atoms with Crippen LogP contribution in [0.2, 0.25) is 0 Å². The normalized spacial score (nSPS) is 29.4. The van der Waals surface area contributed by atoms with E-state index in [4.69, 9.17) is 0 Å². The summed E-state index contributed by atoms with van der Waals surface area (Å²) in [4.78, 5) is 31.2. The van der Waals surface area contributed by atoms with E-state index in [0.717, 1.165) is 56.5 Å². The number of carbonyl (C=O) groups excluding carboxylic acids is 2. The van der Waals surface area contributed by atoms with E-state index in [2.05, 4.69) is 16.5 Å². The molecule has 2 amide bonds. The third kappa shape index (κ3) is 4.01. The number of hydrogen-bond donors (Lipinski definition) is 1. The summed E-state index contributed by atoms with van der Waals surface area (Å²) in [6.45, 7) is 3.77.